The van der Waals surface area contributed by atoms with E-state index in [1.54, 1.807) is 24.3 Å². The van der Waals surface area contributed by atoms with Crippen molar-refractivity contribution in [1.29, 1.82) is 0 Å². The fourth-order valence-electron chi connectivity index (χ4n) is 2.21. The van der Waals surface area contributed by atoms with E-state index in [2.05, 4.69) is 5.16 Å². The first-order valence-electron chi connectivity index (χ1n) is 6.66. The van der Waals surface area contributed by atoms with Crippen LogP contribution in [0, 0.1) is 0 Å². The molecule has 0 aliphatic heterocycles. The number of hydrogen-bond donors (Lipinski definition) is 1. The summed E-state index contributed by atoms with van der Waals surface area (Å²) in [6.07, 6.45) is 0. The Hall–Kier alpha value is -3.15. The Morgan fingerprint density at radius 1 is 1.14 bits per heavy atom. The van der Waals surface area contributed by atoms with Crippen molar-refractivity contribution in [1.82, 2.24) is 9.72 Å². The van der Waals surface area contributed by atoms with Crippen LogP contribution in [-0.4, -0.2) is 15.6 Å². The van der Waals surface area contributed by atoms with E-state index in [-0.39, 0.29) is 6.54 Å². The number of nitrogens with two attached hydrogens (primary N) is 1. The summed E-state index contributed by atoms with van der Waals surface area (Å²) in [5.74, 6) is -0.624. The topological polar surface area (TPSA) is 91.1 Å². The number of nitrogens with zero attached hydrogens (tertiary/aromatic N) is 2. The number of carbonyl (C=O) groups is 1. The van der Waals surface area contributed by atoms with Gasteiger partial charge in [0.25, 0.3) is 0 Å². The summed E-state index contributed by atoms with van der Waals surface area (Å²) in [5.41, 5.74) is 7.20. The van der Waals surface area contributed by atoms with Crippen LogP contribution in [-0.2, 0) is 6.54 Å². The molecular formula is C16H13N3O3. The molecule has 0 saturated carbocycles. The molecule has 1 heterocycles. The Balaban J connectivity index is 2.00. The highest BCUT2D eigenvalue weighted by atomic mass is 16.5. The number of benzene rings is 2. The highest BCUT2D eigenvalue weighted by Crippen LogP contribution is 2.16. The quantitative estimate of drug-likeness (QED) is 0.792. The molecule has 3 rings (SSSR count). The Kier molecular flexibility index (Phi) is 3.57. The molecule has 6 heteroatoms. The van der Waals surface area contributed by atoms with Crippen molar-refractivity contribution >= 4 is 5.91 Å². The van der Waals surface area contributed by atoms with Gasteiger partial charge in [-0.3, -0.25) is 13.9 Å². The maximum absolute atomic E-state index is 11.9. The third-order valence-electron chi connectivity index (χ3n) is 3.27. The van der Waals surface area contributed by atoms with E-state index >= 15 is 0 Å². The van der Waals surface area contributed by atoms with Crippen molar-refractivity contribution in [2.45, 2.75) is 6.54 Å². The second kappa shape index (κ2) is 5.69. The summed E-state index contributed by atoms with van der Waals surface area (Å²) in [5, 5.41) is 3.82. The van der Waals surface area contributed by atoms with E-state index in [0.29, 0.717) is 11.4 Å². The molecular weight excluding hydrogens is 282 g/mol. The molecule has 0 bridgehead atoms. The molecule has 0 unspecified atom stereocenters. The van der Waals surface area contributed by atoms with Gasteiger partial charge in [0.2, 0.25) is 5.91 Å². The molecule has 6 nitrogen and oxygen atoms in total. The van der Waals surface area contributed by atoms with E-state index in [0.717, 1.165) is 11.1 Å². The summed E-state index contributed by atoms with van der Waals surface area (Å²) >= 11 is 0. The lowest BCUT2D eigenvalue weighted by Gasteiger charge is -2.06. The molecule has 22 heavy (non-hydrogen) atoms. The standard InChI is InChI=1S/C16H13N3O3/c17-14(20)13-8-4-5-11(9-13)10-19-15(18-22-16(19)21)12-6-2-1-3-7-12/h1-9H,10H2,(H2,17,20). The molecule has 0 spiro atoms. The minimum absolute atomic E-state index is 0.244. The number of amides is 1. The molecule has 110 valence electrons. The van der Waals surface area contributed by atoms with Gasteiger partial charge < -0.3 is 5.73 Å². The van der Waals surface area contributed by atoms with Gasteiger partial charge in [-0.15, -0.1) is 0 Å². The minimum atomic E-state index is -0.552. The third kappa shape index (κ3) is 2.67. The van der Waals surface area contributed by atoms with Crippen molar-refractivity contribution in [3.63, 3.8) is 0 Å². The number of aromatic nitrogens is 2. The van der Waals surface area contributed by atoms with E-state index < -0.39 is 11.7 Å². The highest BCUT2D eigenvalue weighted by Gasteiger charge is 2.13. The average molecular weight is 295 g/mol. The van der Waals surface area contributed by atoms with Crippen LogP contribution in [0.25, 0.3) is 11.4 Å². The van der Waals surface area contributed by atoms with Crippen molar-refractivity contribution in [2.75, 3.05) is 0 Å². The van der Waals surface area contributed by atoms with E-state index in [1.807, 2.05) is 30.3 Å². The van der Waals surface area contributed by atoms with E-state index in [1.165, 1.54) is 4.57 Å². The van der Waals surface area contributed by atoms with Crippen LogP contribution >= 0.6 is 0 Å². The first kappa shape index (κ1) is 13.8. The first-order valence-corrected chi connectivity index (χ1v) is 6.66. The van der Waals surface area contributed by atoms with Crippen LogP contribution < -0.4 is 11.5 Å². The summed E-state index contributed by atoms with van der Waals surface area (Å²) < 4.78 is 6.18. The predicted molar refractivity (Wildman–Crippen MR) is 80.3 cm³/mol. The molecule has 0 aliphatic rings. The molecule has 0 aliphatic carbocycles. The number of carbonyl (C=O) groups excluding carboxylic acids is 1. The molecule has 2 aromatic carbocycles. The second-order valence-corrected chi connectivity index (χ2v) is 4.79. The summed E-state index contributed by atoms with van der Waals surface area (Å²) in [4.78, 5) is 23.1. The Labute approximate surface area is 125 Å². The molecule has 2 N–H and O–H groups in total. The van der Waals surface area contributed by atoms with Gasteiger partial charge in [-0.25, -0.2) is 4.79 Å². The smallest absolute Gasteiger partial charge is 0.366 e. The summed E-state index contributed by atoms with van der Waals surface area (Å²) in [7, 11) is 0. The Morgan fingerprint density at radius 3 is 2.64 bits per heavy atom. The maximum Gasteiger partial charge on any atom is 0.442 e. The molecule has 1 amide bonds. The van der Waals surface area contributed by atoms with Crippen LogP contribution in [0.2, 0.25) is 0 Å². The van der Waals surface area contributed by atoms with Gasteiger partial charge >= 0.3 is 5.76 Å². The summed E-state index contributed by atoms with van der Waals surface area (Å²) in [6, 6.07) is 16.1. The van der Waals surface area contributed by atoms with E-state index in [4.69, 9.17) is 10.3 Å². The molecule has 1 aromatic heterocycles. The molecule has 0 fully saturated rings. The normalized spacial score (nSPS) is 10.5. The van der Waals surface area contributed by atoms with Crippen molar-refractivity contribution in [2.24, 2.45) is 5.73 Å². The van der Waals surface area contributed by atoms with Crippen LogP contribution in [0.1, 0.15) is 15.9 Å². The third-order valence-corrected chi connectivity index (χ3v) is 3.27. The zero-order chi connectivity index (χ0) is 15.5. The molecule has 0 atom stereocenters. The van der Waals surface area contributed by atoms with Gasteiger partial charge in [0.1, 0.15) is 0 Å². The lowest BCUT2D eigenvalue weighted by Crippen LogP contribution is -2.17. The van der Waals surface area contributed by atoms with Crippen LogP contribution in [0.3, 0.4) is 0 Å². The monoisotopic (exact) mass is 295 g/mol. The zero-order valence-corrected chi connectivity index (χ0v) is 11.6. The van der Waals surface area contributed by atoms with Gasteiger partial charge in [-0.2, -0.15) is 0 Å². The number of rotatable bonds is 4. The van der Waals surface area contributed by atoms with Crippen molar-refractivity contribution in [3.8, 4) is 11.4 Å². The van der Waals surface area contributed by atoms with Gasteiger partial charge in [-0.1, -0.05) is 47.6 Å². The Bertz CT molecular complexity index is 866. The average Bonchev–Trinajstić information content (AvgIpc) is 2.89. The number of hydrogen-bond acceptors (Lipinski definition) is 4. The van der Waals surface area contributed by atoms with Gasteiger partial charge in [0.15, 0.2) is 5.82 Å². The van der Waals surface area contributed by atoms with E-state index in [9.17, 15) is 9.59 Å². The second-order valence-electron chi connectivity index (χ2n) is 4.79. The zero-order valence-electron chi connectivity index (χ0n) is 11.6. The highest BCUT2D eigenvalue weighted by molar-refractivity contribution is 5.92. The van der Waals surface area contributed by atoms with Crippen molar-refractivity contribution < 1.29 is 9.32 Å². The maximum atomic E-state index is 11.9. The van der Waals surface area contributed by atoms with Gasteiger partial charge in [0.05, 0.1) is 6.54 Å². The first-order chi connectivity index (χ1) is 10.6. The lowest BCUT2D eigenvalue weighted by atomic mass is 10.1. The van der Waals surface area contributed by atoms with Gasteiger partial charge in [-0.05, 0) is 17.7 Å². The summed E-state index contributed by atoms with van der Waals surface area (Å²) in [6.45, 7) is 0.244. The largest absolute Gasteiger partial charge is 0.442 e. The molecule has 3 aromatic rings. The molecule has 0 radical (unpaired) electrons. The van der Waals surface area contributed by atoms with Gasteiger partial charge in [0, 0.05) is 11.1 Å². The van der Waals surface area contributed by atoms with Crippen molar-refractivity contribution in [3.05, 3.63) is 76.3 Å². The van der Waals surface area contributed by atoms with Crippen LogP contribution in [0.5, 0.6) is 0 Å². The fourth-order valence-corrected chi connectivity index (χ4v) is 2.21. The van der Waals surface area contributed by atoms with Crippen LogP contribution in [0.15, 0.2) is 63.9 Å². The molecule has 0 saturated heterocycles. The fraction of sp³-hybridized carbons (Fsp3) is 0.0625. The Morgan fingerprint density at radius 2 is 1.91 bits per heavy atom. The number of primary amides is 1. The SMILES string of the molecule is NC(=O)c1cccc(Cn2c(-c3ccccc3)noc2=O)c1. The predicted octanol–water partition coefficient (Wildman–Crippen LogP) is 1.65. The minimum Gasteiger partial charge on any atom is -0.366 e. The van der Waals surface area contributed by atoms with Crippen LogP contribution in [0.4, 0.5) is 0 Å². The lowest BCUT2D eigenvalue weighted by molar-refractivity contribution is 0.1000.